The maximum absolute atomic E-state index is 12.6. The molecule has 1 aromatic heterocycles. The summed E-state index contributed by atoms with van der Waals surface area (Å²) in [7, 11) is -3.50. The Balaban J connectivity index is 2.28. The maximum atomic E-state index is 12.6. The number of hydrogen-bond donors (Lipinski definition) is 1. The highest BCUT2D eigenvalue weighted by Crippen LogP contribution is 2.28. The van der Waals surface area contributed by atoms with Crippen LogP contribution in [0.1, 0.15) is 4.88 Å². The van der Waals surface area contributed by atoms with Crippen molar-refractivity contribution in [3.8, 4) is 0 Å². The van der Waals surface area contributed by atoms with E-state index in [9.17, 15) is 16.8 Å². The molecule has 0 unspecified atom stereocenters. The first kappa shape index (κ1) is 19.1. The van der Waals surface area contributed by atoms with E-state index in [0.29, 0.717) is 6.54 Å². The lowest BCUT2D eigenvalue weighted by molar-refractivity contribution is 0.432. The summed E-state index contributed by atoms with van der Waals surface area (Å²) >= 11 is 1.12. The van der Waals surface area contributed by atoms with E-state index in [2.05, 4.69) is 0 Å². The van der Waals surface area contributed by atoms with Gasteiger partial charge >= 0.3 is 0 Å². The first-order chi connectivity index (χ1) is 11.2. The van der Waals surface area contributed by atoms with Gasteiger partial charge in [-0.25, -0.2) is 16.8 Å². The molecule has 0 radical (unpaired) electrons. The standard InChI is InChI=1S/C15H20N2O4S3/c1-17(2)9-10-23(18,19)13-4-6-14(7-5-13)24(20,21)15-8-3-12(11-16)22-15/h3-8H,9-11,16H2,1-2H3. The van der Waals surface area contributed by atoms with E-state index in [0.717, 1.165) is 16.2 Å². The third-order valence-electron chi connectivity index (χ3n) is 3.40. The SMILES string of the molecule is CN(C)CCS(=O)(=O)c1ccc(S(=O)(=O)c2ccc(CN)s2)cc1. The highest BCUT2D eigenvalue weighted by Gasteiger charge is 2.21. The number of nitrogens with two attached hydrogens (primary N) is 1. The Labute approximate surface area is 146 Å². The molecule has 6 nitrogen and oxygen atoms in total. The number of rotatable bonds is 7. The van der Waals surface area contributed by atoms with E-state index in [-0.39, 0.29) is 26.3 Å². The molecule has 24 heavy (non-hydrogen) atoms. The minimum Gasteiger partial charge on any atom is -0.326 e. The Hall–Kier alpha value is -1.26. The number of hydrogen-bond acceptors (Lipinski definition) is 7. The normalized spacial score (nSPS) is 12.7. The van der Waals surface area contributed by atoms with Crippen molar-refractivity contribution in [1.29, 1.82) is 0 Å². The Morgan fingerprint density at radius 3 is 2.04 bits per heavy atom. The highest BCUT2D eigenvalue weighted by atomic mass is 32.2. The first-order valence-corrected chi connectivity index (χ1v) is 11.1. The van der Waals surface area contributed by atoms with Crippen molar-refractivity contribution in [2.24, 2.45) is 5.73 Å². The van der Waals surface area contributed by atoms with E-state index in [4.69, 9.17) is 5.73 Å². The lowest BCUT2D eigenvalue weighted by atomic mass is 10.4. The minimum absolute atomic E-state index is 0.0170. The van der Waals surface area contributed by atoms with Gasteiger partial charge in [-0.2, -0.15) is 0 Å². The summed E-state index contributed by atoms with van der Waals surface area (Å²) in [6, 6.07) is 8.55. The molecule has 1 aromatic carbocycles. The van der Waals surface area contributed by atoms with Crippen molar-refractivity contribution in [3.63, 3.8) is 0 Å². The monoisotopic (exact) mass is 388 g/mol. The Bertz CT molecular complexity index is 898. The third-order valence-corrected chi connectivity index (χ3v) is 8.48. The molecule has 9 heteroatoms. The van der Waals surface area contributed by atoms with Crippen LogP contribution in [0.15, 0.2) is 50.4 Å². The molecule has 2 aromatic rings. The van der Waals surface area contributed by atoms with E-state index in [1.54, 1.807) is 25.1 Å². The van der Waals surface area contributed by atoms with Gasteiger partial charge in [-0.1, -0.05) is 0 Å². The fourth-order valence-corrected chi connectivity index (χ4v) is 6.00. The molecule has 0 aliphatic carbocycles. The lowest BCUT2D eigenvalue weighted by Gasteiger charge is -2.10. The summed E-state index contributed by atoms with van der Waals surface area (Å²) in [4.78, 5) is 2.75. The molecular weight excluding hydrogens is 368 g/mol. The molecular formula is C15H20N2O4S3. The van der Waals surface area contributed by atoms with Crippen molar-refractivity contribution >= 4 is 31.0 Å². The van der Waals surface area contributed by atoms with E-state index >= 15 is 0 Å². The topological polar surface area (TPSA) is 97.5 Å². The summed E-state index contributed by atoms with van der Waals surface area (Å²) < 4.78 is 49.7. The largest absolute Gasteiger partial charge is 0.326 e. The number of sulfone groups is 2. The molecule has 0 saturated carbocycles. The van der Waals surface area contributed by atoms with Gasteiger partial charge in [0.2, 0.25) is 9.84 Å². The Morgan fingerprint density at radius 1 is 0.958 bits per heavy atom. The van der Waals surface area contributed by atoms with Crippen LogP contribution in [0.3, 0.4) is 0 Å². The van der Waals surface area contributed by atoms with Crippen molar-refractivity contribution in [2.45, 2.75) is 20.5 Å². The van der Waals surface area contributed by atoms with Crippen LogP contribution in [0.25, 0.3) is 0 Å². The fraction of sp³-hybridized carbons (Fsp3) is 0.333. The second kappa shape index (κ2) is 7.32. The van der Waals surface area contributed by atoms with Gasteiger partial charge < -0.3 is 10.6 Å². The van der Waals surface area contributed by atoms with E-state index in [1.807, 2.05) is 0 Å². The Morgan fingerprint density at radius 2 is 1.54 bits per heavy atom. The van der Waals surface area contributed by atoms with Crippen molar-refractivity contribution in [2.75, 3.05) is 26.4 Å². The summed E-state index contributed by atoms with van der Waals surface area (Å²) in [5.74, 6) is -0.0170. The van der Waals surface area contributed by atoms with Crippen molar-refractivity contribution in [1.82, 2.24) is 4.90 Å². The molecule has 2 rings (SSSR count). The van der Waals surface area contributed by atoms with Gasteiger partial charge in [-0.15, -0.1) is 11.3 Å². The van der Waals surface area contributed by atoms with Crippen LogP contribution < -0.4 is 5.73 Å². The lowest BCUT2D eigenvalue weighted by Crippen LogP contribution is -2.22. The second-order valence-electron chi connectivity index (χ2n) is 5.52. The van der Waals surface area contributed by atoms with Crippen LogP contribution in [0.5, 0.6) is 0 Å². The molecule has 0 amide bonds. The van der Waals surface area contributed by atoms with Crippen LogP contribution in [0, 0.1) is 0 Å². The van der Waals surface area contributed by atoms with Gasteiger partial charge in [0.15, 0.2) is 9.84 Å². The number of nitrogens with zero attached hydrogens (tertiary/aromatic N) is 1. The van der Waals surface area contributed by atoms with Crippen LogP contribution in [0.2, 0.25) is 0 Å². The average molecular weight is 389 g/mol. The quantitative estimate of drug-likeness (QED) is 0.769. The molecule has 0 saturated heterocycles. The van der Waals surface area contributed by atoms with Crippen LogP contribution >= 0.6 is 11.3 Å². The fourth-order valence-electron chi connectivity index (χ4n) is 1.98. The molecule has 0 aliphatic heterocycles. The Kier molecular flexibility index (Phi) is 5.82. The molecule has 132 valence electrons. The number of thiophene rings is 1. The van der Waals surface area contributed by atoms with Gasteiger partial charge in [0.1, 0.15) is 4.21 Å². The summed E-state index contributed by atoms with van der Waals surface area (Å²) in [6.07, 6.45) is 0. The van der Waals surface area contributed by atoms with Gasteiger partial charge in [-0.3, -0.25) is 0 Å². The van der Waals surface area contributed by atoms with Crippen LogP contribution in [-0.4, -0.2) is 48.1 Å². The highest BCUT2D eigenvalue weighted by molar-refractivity contribution is 7.93. The smallest absolute Gasteiger partial charge is 0.215 e. The molecule has 0 spiro atoms. The number of benzene rings is 1. The maximum Gasteiger partial charge on any atom is 0.215 e. The zero-order valence-corrected chi connectivity index (χ0v) is 15.9. The minimum atomic E-state index is -3.66. The van der Waals surface area contributed by atoms with Gasteiger partial charge in [0.05, 0.1) is 15.5 Å². The molecule has 2 N–H and O–H groups in total. The van der Waals surface area contributed by atoms with E-state index < -0.39 is 19.7 Å². The van der Waals surface area contributed by atoms with Gasteiger partial charge in [0, 0.05) is 18.0 Å². The van der Waals surface area contributed by atoms with Crippen LogP contribution in [0.4, 0.5) is 0 Å². The van der Waals surface area contributed by atoms with Crippen LogP contribution in [-0.2, 0) is 26.2 Å². The predicted molar refractivity (Wildman–Crippen MR) is 94.7 cm³/mol. The summed E-state index contributed by atoms with van der Waals surface area (Å²) in [5, 5.41) is 0. The molecule has 0 atom stereocenters. The zero-order valence-electron chi connectivity index (χ0n) is 13.5. The van der Waals surface area contributed by atoms with E-state index in [1.165, 1.54) is 30.3 Å². The zero-order chi connectivity index (χ0) is 18.0. The van der Waals surface area contributed by atoms with Crippen molar-refractivity contribution < 1.29 is 16.8 Å². The molecule has 0 aliphatic rings. The molecule has 1 heterocycles. The average Bonchev–Trinajstić information content (AvgIpc) is 3.03. The first-order valence-electron chi connectivity index (χ1n) is 7.18. The predicted octanol–water partition coefficient (Wildman–Crippen LogP) is 1.37. The van der Waals surface area contributed by atoms with Crippen molar-refractivity contribution in [3.05, 3.63) is 41.3 Å². The molecule has 0 fully saturated rings. The third kappa shape index (κ3) is 4.22. The summed E-state index contributed by atoms with van der Waals surface area (Å²) in [5.41, 5.74) is 5.51. The van der Waals surface area contributed by atoms with Gasteiger partial charge in [0.25, 0.3) is 0 Å². The van der Waals surface area contributed by atoms with Gasteiger partial charge in [-0.05, 0) is 50.5 Å². The summed E-state index contributed by atoms with van der Waals surface area (Å²) in [6.45, 7) is 0.683. The second-order valence-corrected chi connectivity index (χ2v) is 11.0. The molecule has 0 bridgehead atoms.